The smallest absolute Gasteiger partial charge is 0.338 e. The molecular formula is C13H16O3. The highest BCUT2D eigenvalue weighted by Gasteiger charge is 2.22. The number of hydrogen-bond donors (Lipinski definition) is 0. The number of ether oxygens (including phenoxy) is 2. The molecule has 3 nitrogen and oxygen atoms in total. The van der Waals surface area contributed by atoms with Crippen molar-refractivity contribution in [2.24, 2.45) is 0 Å². The van der Waals surface area contributed by atoms with Gasteiger partial charge in [-0.05, 0) is 49.4 Å². The minimum absolute atomic E-state index is 0.219. The van der Waals surface area contributed by atoms with E-state index in [0.29, 0.717) is 12.2 Å². The molecule has 0 saturated carbocycles. The number of carbonyl (C=O) groups excluding carboxylic acids is 1. The van der Waals surface area contributed by atoms with Gasteiger partial charge in [-0.3, -0.25) is 0 Å². The van der Waals surface area contributed by atoms with E-state index in [9.17, 15) is 4.79 Å². The summed E-state index contributed by atoms with van der Waals surface area (Å²) in [5, 5.41) is 0. The first-order valence-corrected chi connectivity index (χ1v) is 5.63. The summed E-state index contributed by atoms with van der Waals surface area (Å²) < 4.78 is 10.3. The lowest BCUT2D eigenvalue weighted by Crippen LogP contribution is -2.08. The number of esters is 1. The zero-order chi connectivity index (χ0) is 11.5. The molecule has 16 heavy (non-hydrogen) atoms. The van der Waals surface area contributed by atoms with Crippen LogP contribution in [0.15, 0.2) is 12.1 Å². The van der Waals surface area contributed by atoms with Crippen LogP contribution in [0.25, 0.3) is 0 Å². The molecule has 0 fully saturated rings. The van der Waals surface area contributed by atoms with E-state index in [4.69, 9.17) is 9.47 Å². The molecule has 86 valence electrons. The van der Waals surface area contributed by atoms with E-state index in [0.717, 1.165) is 30.6 Å². The molecule has 1 aromatic rings. The van der Waals surface area contributed by atoms with Crippen LogP contribution in [0.3, 0.4) is 0 Å². The van der Waals surface area contributed by atoms with Crippen molar-refractivity contribution in [1.29, 1.82) is 0 Å². The fourth-order valence-corrected chi connectivity index (χ4v) is 2.26. The van der Waals surface area contributed by atoms with Gasteiger partial charge in [-0.15, -0.1) is 0 Å². The van der Waals surface area contributed by atoms with Gasteiger partial charge in [0.1, 0.15) is 5.75 Å². The Morgan fingerprint density at radius 1 is 1.31 bits per heavy atom. The predicted molar refractivity (Wildman–Crippen MR) is 61.0 cm³/mol. The molecule has 3 heteroatoms. The average Bonchev–Trinajstić information content (AvgIpc) is 2.76. The number of methoxy groups -OCH3 is 1. The monoisotopic (exact) mass is 220 g/mol. The SMILES string of the molecule is CCOC(=O)c1ccc(OC)c2c1CCC2. The second-order valence-corrected chi connectivity index (χ2v) is 3.85. The molecule has 0 N–H and O–H groups in total. The van der Waals surface area contributed by atoms with E-state index < -0.39 is 0 Å². The Morgan fingerprint density at radius 3 is 2.75 bits per heavy atom. The molecule has 0 amide bonds. The molecule has 1 aliphatic rings. The van der Waals surface area contributed by atoms with Crippen LogP contribution in [-0.4, -0.2) is 19.7 Å². The van der Waals surface area contributed by atoms with Gasteiger partial charge in [0, 0.05) is 0 Å². The molecule has 1 aromatic carbocycles. The Kier molecular flexibility index (Phi) is 3.13. The lowest BCUT2D eigenvalue weighted by atomic mass is 10.0. The standard InChI is InChI=1S/C13H16O3/c1-3-16-13(14)11-7-8-12(15-2)10-6-4-5-9(10)11/h7-8H,3-6H2,1-2H3. The van der Waals surface area contributed by atoms with Crippen LogP contribution in [0.4, 0.5) is 0 Å². The van der Waals surface area contributed by atoms with Crippen molar-refractivity contribution in [1.82, 2.24) is 0 Å². The molecule has 0 bridgehead atoms. The summed E-state index contributed by atoms with van der Waals surface area (Å²) in [5.74, 6) is 0.670. The molecule has 0 aliphatic heterocycles. The van der Waals surface area contributed by atoms with Gasteiger partial charge in [0.25, 0.3) is 0 Å². The highest BCUT2D eigenvalue weighted by molar-refractivity contribution is 5.92. The van der Waals surface area contributed by atoms with Crippen LogP contribution in [0.1, 0.15) is 34.8 Å². The van der Waals surface area contributed by atoms with Crippen LogP contribution < -0.4 is 4.74 Å². The largest absolute Gasteiger partial charge is 0.496 e. The molecule has 0 atom stereocenters. The Morgan fingerprint density at radius 2 is 2.06 bits per heavy atom. The van der Waals surface area contributed by atoms with Crippen molar-refractivity contribution >= 4 is 5.97 Å². The third-order valence-electron chi connectivity index (χ3n) is 2.96. The van der Waals surface area contributed by atoms with Crippen molar-refractivity contribution in [3.8, 4) is 5.75 Å². The van der Waals surface area contributed by atoms with E-state index in [1.165, 1.54) is 5.56 Å². The molecule has 0 aromatic heterocycles. The van der Waals surface area contributed by atoms with Crippen LogP contribution >= 0.6 is 0 Å². The van der Waals surface area contributed by atoms with Gasteiger partial charge >= 0.3 is 5.97 Å². The van der Waals surface area contributed by atoms with Crippen molar-refractivity contribution in [3.05, 3.63) is 28.8 Å². The Hall–Kier alpha value is -1.51. The molecule has 0 unspecified atom stereocenters. The maximum absolute atomic E-state index is 11.7. The topological polar surface area (TPSA) is 35.5 Å². The average molecular weight is 220 g/mol. The first kappa shape index (κ1) is 11.0. The van der Waals surface area contributed by atoms with Crippen molar-refractivity contribution < 1.29 is 14.3 Å². The fourth-order valence-electron chi connectivity index (χ4n) is 2.26. The van der Waals surface area contributed by atoms with Crippen molar-refractivity contribution in [2.75, 3.05) is 13.7 Å². The lowest BCUT2D eigenvalue weighted by Gasteiger charge is -2.11. The summed E-state index contributed by atoms with van der Waals surface area (Å²) in [5.41, 5.74) is 2.99. The van der Waals surface area contributed by atoms with Gasteiger partial charge in [0.2, 0.25) is 0 Å². The number of hydrogen-bond acceptors (Lipinski definition) is 3. The Bertz CT molecular complexity index is 410. The first-order chi connectivity index (χ1) is 7.77. The Labute approximate surface area is 95.4 Å². The molecular weight excluding hydrogens is 204 g/mol. The van der Waals surface area contributed by atoms with Gasteiger partial charge in [-0.25, -0.2) is 4.79 Å². The summed E-state index contributed by atoms with van der Waals surface area (Å²) >= 11 is 0. The number of benzene rings is 1. The normalized spacial score (nSPS) is 13.4. The van der Waals surface area contributed by atoms with Crippen LogP contribution in [-0.2, 0) is 17.6 Å². The summed E-state index contributed by atoms with van der Waals surface area (Å²) in [6, 6.07) is 3.66. The van der Waals surface area contributed by atoms with Gasteiger partial charge in [-0.2, -0.15) is 0 Å². The molecule has 0 radical (unpaired) electrons. The van der Waals surface area contributed by atoms with E-state index in [2.05, 4.69) is 0 Å². The number of rotatable bonds is 3. The molecule has 1 aliphatic carbocycles. The van der Waals surface area contributed by atoms with Crippen LogP contribution in [0.5, 0.6) is 5.75 Å². The summed E-state index contributed by atoms with van der Waals surface area (Å²) in [4.78, 5) is 11.7. The fraction of sp³-hybridized carbons (Fsp3) is 0.462. The third kappa shape index (κ3) is 1.77. The van der Waals surface area contributed by atoms with Gasteiger partial charge in [-0.1, -0.05) is 0 Å². The van der Waals surface area contributed by atoms with Crippen molar-refractivity contribution in [2.45, 2.75) is 26.2 Å². The third-order valence-corrected chi connectivity index (χ3v) is 2.96. The highest BCUT2D eigenvalue weighted by atomic mass is 16.5. The van der Waals surface area contributed by atoms with Crippen LogP contribution in [0.2, 0.25) is 0 Å². The Balaban J connectivity index is 2.41. The van der Waals surface area contributed by atoms with Crippen LogP contribution in [0, 0.1) is 0 Å². The summed E-state index contributed by atoms with van der Waals surface area (Å²) in [6.45, 7) is 2.24. The number of fused-ring (bicyclic) bond motifs is 1. The van der Waals surface area contributed by atoms with E-state index in [1.807, 2.05) is 13.0 Å². The molecule has 2 rings (SSSR count). The summed E-state index contributed by atoms with van der Waals surface area (Å²) in [7, 11) is 1.66. The molecule has 0 heterocycles. The predicted octanol–water partition coefficient (Wildman–Crippen LogP) is 2.36. The number of carbonyl (C=O) groups is 1. The van der Waals surface area contributed by atoms with Gasteiger partial charge in [0.05, 0.1) is 19.3 Å². The quantitative estimate of drug-likeness (QED) is 0.733. The van der Waals surface area contributed by atoms with Gasteiger partial charge in [0.15, 0.2) is 0 Å². The minimum atomic E-state index is -0.219. The molecule has 0 saturated heterocycles. The maximum atomic E-state index is 11.7. The van der Waals surface area contributed by atoms with E-state index in [-0.39, 0.29) is 5.97 Å². The summed E-state index contributed by atoms with van der Waals surface area (Å²) in [6.07, 6.45) is 3.02. The minimum Gasteiger partial charge on any atom is -0.496 e. The molecule has 0 spiro atoms. The lowest BCUT2D eigenvalue weighted by molar-refractivity contribution is 0.0525. The van der Waals surface area contributed by atoms with E-state index >= 15 is 0 Å². The van der Waals surface area contributed by atoms with Gasteiger partial charge < -0.3 is 9.47 Å². The van der Waals surface area contributed by atoms with E-state index in [1.54, 1.807) is 13.2 Å². The van der Waals surface area contributed by atoms with Crippen molar-refractivity contribution in [3.63, 3.8) is 0 Å². The second-order valence-electron chi connectivity index (χ2n) is 3.85. The second kappa shape index (κ2) is 4.56. The first-order valence-electron chi connectivity index (χ1n) is 5.63. The zero-order valence-electron chi connectivity index (χ0n) is 9.71. The highest BCUT2D eigenvalue weighted by Crippen LogP contribution is 2.33. The maximum Gasteiger partial charge on any atom is 0.338 e. The zero-order valence-corrected chi connectivity index (χ0v) is 9.71.